The number of carbonyl (C=O) groups excluding carboxylic acids is 1. The zero-order chi connectivity index (χ0) is 9.07. The van der Waals surface area contributed by atoms with Gasteiger partial charge in [0.05, 0.1) is 7.11 Å². The first-order valence-electron chi connectivity index (χ1n) is 3.77. The molecule has 0 unspecified atom stereocenters. The lowest BCUT2D eigenvalue weighted by Gasteiger charge is -2.22. The van der Waals surface area contributed by atoms with Crippen molar-refractivity contribution in [2.24, 2.45) is 11.7 Å². The van der Waals surface area contributed by atoms with Gasteiger partial charge in [0.1, 0.15) is 5.54 Å². The van der Waals surface area contributed by atoms with Gasteiger partial charge in [0, 0.05) is 0 Å². The molecule has 0 aliphatic rings. The van der Waals surface area contributed by atoms with Crippen LogP contribution in [0.4, 0.5) is 0 Å². The molecule has 0 bridgehead atoms. The summed E-state index contributed by atoms with van der Waals surface area (Å²) in [5.74, 6) is 0.0651. The summed E-state index contributed by atoms with van der Waals surface area (Å²) in [5, 5.41) is 0. The largest absolute Gasteiger partial charge is 0.468 e. The number of carbonyl (C=O) groups is 1. The highest BCUT2D eigenvalue weighted by molar-refractivity contribution is 5.85. The van der Waals surface area contributed by atoms with Gasteiger partial charge < -0.3 is 10.5 Å². The molecule has 12 heavy (non-hydrogen) atoms. The number of nitrogens with two attached hydrogens (primary N) is 1. The topological polar surface area (TPSA) is 52.3 Å². The van der Waals surface area contributed by atoms with Gasteiger partial charge in [0.15, 0.2) is 0 Å². The summed E-state index contributed by atoms with van der Waals surface area (Å²) in [5.41, 5.74) is 4.87. The second-order valence-electron chi connectivity index (χ2n) is 3.51. The average Bonchev–Trinajstić information content (AvgIpc) is 1.83. The number of ether oxygens (including phenoxy) is 1. The second kappa shape index (κ2) is 5.38. The molecular weight excluding hydrogens is 178 g/mol. The van der Waals surface area contributed by atoms with Crippen molar-refractivity contribution < 1.29 is 9.53 Å². The Morgan fingerprint density at radius 2 is 2.00 bits per heavy atom. The SMILES string of the molecule is COC(=O)[C@](C)(N)CC(C)C.Cl. The van der Waals surface area contributed by atoms with Crippen molar-refractivity contribution in [1.29, 1.82) is 0 Å². The molecule has 0 radical (unpaired) electrons. The Labute approximate surface area is 80.1 Å². The molecule has 0 aliphatic heterocycles. The Morgan fingerprint density at radius 3 is 2.25 bits per heavy atom. The van der Waals surface area contributed by atoms with Crippen LogP contribution in [0.15, 0.2) is 0 Å². The van der Waals surface area contributed by atoms with E-state index in [2.05, 4.69) is 4.74 Å². The van der Waals surface area contributed by atoms with Gasteiger partial charge in [-0.15, -0.1) is 12.4 Å². The Bertz CT molecular complexity index is 146. The van der Waals surface area contributed by atoms with E-state index in [0.29, 0.717) is 12.3 Å². The molecule has 1 atom stereocenters. The molecule has 0 spiro atoms. The van der Waals surface area contributed by atoms with Crippen LogP contribution in [0, 0.1) is 5.92 Å². The van der Waals surface area contributed by atoms with Gasteiger partial charge in [-0.1, -0.05) is 13.8 Å². The van der Waals surface area contributed by atoms with Crippen molar-refractivity contribution in [1.82, 2.24) is 0 Å². The van der Waals surface area contributed by atoms with Gasteiger partial charge in [0.25, 0.3) is 0 Å². The molecule has 0 saturated carbocycles. The summed E-state index contributed by atoms with van der Waals surface area (Å²) in [6.45, 7) is 5.74. The number of hydrogen-bond donors (Lipinski definition) is 1. The van der Waals surface area contributed by atoms with Crippen molar-refractivity contribution in [2.75, 3.05) is 7.11 Å². The smallest absolute Gasteiger partial charge is 0.325 e. The van der Waals surface area contributed by atoms with Gasteiger partial charge in [0.2, 0.25) is 0 Å². The molecule has 0 aromatic rings. The summed E-state index contributed by atoms with van der Waals surface area (Å²) in [7, 11) is 1.35. The van der Waals surface area contributed by atoms with E-state index in [9.17, 15) is 4.79 Å². The minimum Gasteiger partial charge on any atom is -0.468 e. The summed E-state index contributed by atoms with van der Waals surface area (Å²) in [6.07, 6.45) is 0.652. The molecule has 0 aliphatic carbocycles. The summed E-state index contributed by atoms with van der Waals surface area (Å²) >= 11 is 0. The highest BCUT2D eigenvalue weighted by atomic mass is 35.5. The molecule has 74 valence electrons. The lowest BCUT2D eigenvalue weighted by molar-refractivity contribution is -0.147. The van der Waals surface area contributed by atoms with Gasteiger partial charge >= 0.3 is 5.97 Å². The summed E-state index contributed by atoms with van der Waals surface area (Å²) < 4.78 is 4.55. The fourth-order valence-electron chi connectivity index (χ4n) is 1.16. The van der Waals surface area contributed by atoms with E-state index in [1.807, 2.05) is 13.8 Å². The maximum Gasteiger partial charge on any atom is 0.325 e. The zero-order valence-corrected chi connectivity index (χ0v) is 8.90. The summed E-state index contributed by atoms with van der Waals surface area (Å²) in [4.78, 5) is 11.0. The van der Waals surface area contributed by atoms with Crippen LogP contribution in [-0.2, 0) is 9.53 Å². The van der Waals surface area contributed by atoms with Crippen molar-refractivity contribution in [3.05, 3.63) is 0 Å². The number of rotatable bonds is 3. The van der Waals surface area contributed by atoms with E-state index in [-0.39, 0.29) is 18.4 Å². The van der Waals surface area contributed by atoms with Crippen LogP contribution in [-0.4, -0.2) is 18.6 Å². The van der Waals surface area contributed by atoms with Crippen molar-refractivity contribution >= 4 is 18.4 Å². The fraction of sp³-hybridized carbons (Fsp3) is 0.875. The summed E-state index contributed by atoms with van der Waals surface area (Å²) in [6, 6.07) is 0. The lowest BCUT2D eigenvalue weighted by atomic mass is 9.92. The number of methoxy groups -OCH3 is 1. The van der Waals surface area contributed by atoms with Crippen molar-refractivity contribution in [2.45, 2.75) is 32.7 Å². The number of halogens is 1. The molecule has 0 aromatic carbocycles. The van der Waals surface area contributed by atoms with E-state index in [4.69, 9.17) is 5.73 Å². The third kappa shape index (κ3) is 4.57. The average molecular weight is 196 g/mol. The Hall–Kier alpha value is -0.280. The zero-order valence-electron chi connectivity index (χ0n) is 8.09. The lowest BCUT2D eigenvalue weighted by Crippen LogP contribution is -2.46. The number of hydrogen-bond acceptors (Lipinski definition) is 3. The first-order chi connectivity index (χ1) is 4.90. The highest BCUT2D eigenvalue weighted by Crippen LogP contribution is 2.14. The predicted molar refractivity (Wildman–Crippen MR) is 51.3 cm³/mol. The fourth-order valence-corrected chi connectivity index (χ4v) is 1.16. The normalized spacial score (nSPS) is 14.8. The minimum absolute atomic E-state index is 0. The third-order valence-electron chi connectivity index (χ3n) is 1.48. The highest BCUT2D eigenvalue weighted by Gasteiger charge is 2.29. The Kier molecular flexibility index (Phi) is 6.39. The quantitative estimate of drug-likeness (QED) is 0.692. The third-order valence-corrected chi connectivity index (χ3v) is 1.48. The molecule has 0 aromatic heterocycles. The van der Waals surface area contributed by atoms with Crippen LogP contribution >= 0.6 is 12.4 Å². The number of esters is 1. The van der Waals surface area contributed by atoms with Gasteiger partial charge in [-0.25, -0.2) is 0 Å². The van der Waals surface area contributed by atoms with Crippen LogP contribution in [0.3, 0.4) is 0 Å². The van der Waals surface area contributed by atoms with Crippen LogP contribution in [0.1, 0.15) is 27.2 Å². The maximum absolute atomic E-state index is 11.0. The van der Waals surface area contributed by atoms with Crippen LogP contribution < -0.4 is 5.73 Å². The van der Waals surface area contributed by atoms with E-state index in [0.717, 1.165) is 0 Å². The van der Waals surface area contributed by atoms with E-state index < -0.39 is 5.54 Å². The van der Waals surface area contributed by atoms with Gasteiger partial charge in [-0.3, -0.25) is 4.79 Å². The molecule has 2 N–H and O–H groups in total. The molecular formula is C8H18ClNO2. The van der Waals surface area contributed by atoms with Crippen molar-refractivity contribution in [3.8, 4) is 0 Å². The standard InChI is InChI=1S/C8H17NO2.ClH/c1-6(2)5-8(3,9)7(10)11-4;/h6H,5,9H2,1-4H3;1H/t8-;/m1./s1. The first kappa shape index (κ1) is 14.3. The van der Waals surface area contributed by atoms with Crippen molar-refractivity contribution in [3.63, 3.8) is 0 Å². The van der Waals surface area contributed by atoms with Gasteiger partial charge in [-0.2, -0.15) is 0 Å². The van der Waals surface area contributed by atoms with Crippen LogP contribution in [0.5, 0.6) is 0 Å². The minimum atomic E-state index is -0.830. The Balaban J connectivity index is 0. The maximum atomic E-state index is 11.0. The molecule has 0 heterocycles. The molecule has 0 fully saturated rings. The van der Waals surface area contributed by atoms with E-state index in [1.165, 1.54) is 7.11 Å². The molecule has 4 heteroatoms. The van der Waals surface area contributed by atoms with Crippen LogP contribution in [0.2, 0.25) is 0 Å². The first-order valence-corrected chi connectivity index (χ1v) is 3.77. The predicted octanol–water partition coefficient (Wildman–Crippen LogP) is 1.34. The van der Waals surface area contributed by atoms with Crippen LogP contribution in [0.25, 0.3) is 0 Å². The molecule has 0 saturated heterocycles. The monoisotopic (exact) mass is 195 g/mol. The molecule has 0 rings (SSSR count). The Morgan fingerprint density at radius 1 is 1.58 bits per heavy atom. The second-order valence-corrected chi connectivity index (χ2v) is 3.51. The molecule has 3 nitrogen and oxygen atoms in total. The van der Waals surface area contributed by atoms with Gasteiger partial charge in [-0.05, 0) is 19.3 Å². The van der Waals surface area contributed by atoms with E-state index in [1.54, 1.807) is 6.92 Å². The van der Waals surface area contributed by atoms with E-state index >= 15 is 0 Å². The molecule has 0 amide bonds.